The summed E-state index contributed by atoms with van der Waals surface area (Å²) in [6.45, 7) is 6.29. The molecule has 0 saturated carbocycles. The molecule has 0 radical (unpaired) electrons. The highest BCUT2D eigenvalue weighted by Crippen LogP contribution is 2.21. The summed E-state index contributed by atoms with van der Waals surface area (Å²) in [5.74, 6) is 0. The fraction of sp³-hybridized carbons (Fsp3) is 0.364. The lowest BCUT2D eigenvalue weighted by molar-refractivity contribution is 0.562. The molecule has 2 heterocycles. The maximum absolute atomic E-state index is 8.72. The fourth-order valence-corrected chi connectivity index (χ4v) is 1.31. The predicted molar refractivity (Wildman–Crippen MR) is 56.4 cm³/mol. The van der Waals surface area contributed by atoms with Gasteiger partial charge in [-0.25, -0.2) is 9.50 Å². The van der Waals surface area contributed by atoms with E-state index in [9.17, 15) is 0 Å². The molecule has 0 spiro atoms. The first-order valence-corrected chi connectivity index (χ1v) is 4.78. The molecule has 15 heavy (non-hydrogen) atoms. The van der Waals surface area contributed by atoms with Crippen LogP contribution in [0.3, 0.4) is 0 Å². The van der Waals surface area contributed by atoms with Crippen LogP contribution in [0, 0.1) is 11.3 Å². The molecule has 2 aromatic heterocycles. The molecule has 4 nitrogen and oxygen atoms in total. The standard InChI is InChI=1S/C11H12N4/c1-11(2,3)9-6-10-13-8(7-12)4-5-15(10)14-9/h4-6H,1-3H3. The van der Waals surface area contributed by atoms with E-state index in [4.69, 9.17) is 5.26 Å². The van der Waals surface area contributed by atoms with Crippen molar-refractivity contribution in [3.63, 3.8) is 0 Å². The zero-order valence-corrected chi connectivity index (χ0v) is 9.02. The summed E-state index contributed by atoms with van der Waals surface area (Å²) in [5, 5.41) is 13.1. The van der Waals surface area contributed by atoms with Gasteiger partial charge >= 0.3 is 0 Å². The molecule has 4 heteroatoms. The second kappa shape index (κ2) is 3.06. The topological polar surface area (TPSA) is 54.0 Å². The van der Waals surface area contributed by atoms with Crippen molar-refractivity contribution in [3.8, 4) is 6.07 Å². The van der Waals surface area contributed by atoms with Crippen LogP contribution in [0.4, 0.5) is 0 Å². The Hall–Kier alpha value is -1.89. The first-order chi connectivity index (χ1) is 7.00. The Morgan fingerprint density at radius 2 is 2.13 bits per heavy atom. The van der Waals surface area contributed by atoms with Gasteiger partial charge in [0.25, 0.3) is 0 Å². The van der Waals surface area contributed by atoms with Crippen molar-refractivity contribution < 1.29 is 0 Å². The monoisotopic (exact) mass is 200 g/mol. The number of fused-ring (bicyclic) bond motifs is 1. The molecule has 0 aromatic carbocycles. The minimum Gasteiger partial charge on any atom is -0.222 e. The smallest absolute Gasteiger partial charge is 0.156 e. The summed E-state index contributed by atoms with van der Waals surface area (Å²) in [5.41, 5.74) is 2.12. The first kappa shape index (κ1) is 9.66. The molecule has 0 aliphatic carbocycles. The molecule has 2 rings (SSSR count). The third kappa shape index (κ3) is 1.68. The maximum Gasteiger partial charge on any atom is 0.156 e. The minimum absolute atomic E-state index is 0.000503. The highest BCUT2D eigenvalue weighted by Gasteiger charge is 2.18. The van der Waals surface area contributed by atoms with E-state index in [0.717, 1.165) is 11.3 Å². The molecule has 0 aliphatic heterocycles. The SMILES string of the molecule is CC(C)(C)c1cc2nc(C#N)ccn2n1. The average molecular weight is 200 g/mol. The van der Waals surface area contributed by atoms with E-state index in [0.29, 0.717) is 5.69 Å². The van der Waals surface area contributed by atoms with Crippen LogP contribution in [0.25, 0.3) is 5.65 Å². The molecule has 0 bridgehead atoms. The van der Waals surface area contributed by atoms with Gasteiger partial charge in [0.2, 0.25) is 0 Å². The Morgan fingerprint density at radius 3 is 2.73 bits per heavy atom. The lowest BCUT2D eigenvalue weighted by atomic mass is 9.93. The van der Waals surface area contributed by atoms with E-state index in [2.05, 4.69) is 30.9 Å². The van der Waals surface area contributed by atoms with Crippen molar-refractivity contribution in [2.75, 3.05) is 0 Å². The van der Waals surface area contributed by atoms with Gasteiger partial charge in [0.15, 0.2) is 5.65 Å². The molecule has 0 aliphatic rings. The van der Waals surface area contributed by atoms with Crippen molar-refractivity contribution >= 4 is 5.65 Å². The van der Waals surface area contributed by atoms with Gasteiger partial charge < -0.3 is 0 Å². The van der Waals surface area contributed by atoms with Gasteiger partial charge in [0.05, 0.1) is 5.69 Å². The third-order valence-electron chi connectivity index (χ3n) is 2.21. The summed E-state index contributed by atoms with van der Waals surface area (Å²) < 4.78 is 1.70. The number of hydrogen-bond acceptors (Lipinski definition) is 3. The molecule has 0 fully saturated rings. The van der Waals surface area contributed by atoms with E-state index < -0.39 is 0 Å². The van der Waals surface area contributed by atoms with Gasteiger partial charge in [-0.2, -0.15) is 10.4 Å². The third-order valence-corrected chi connectivity index (χ3v) is 2.21. The molecule has 0 unspecified atom stereocenters. The molecular formula is C11H12N4. The van der Waals surface area contributed by atoms with Crippen LogP contribution in [0.5, 0.6) is 0 Å². The summed E-state index contributed by atoms with van der Waals surface area (Å²) in [6, 6.07) is 5.59. The quantitative estimate of drug-likeness (QED) is 0.652. The molecule has 0 amide bonds. The van der Waals surface area contributed by atoms with E-state index >= 15 is 0 Å². The molecule has 0 atom stereocenters. The van der Waals surface area contributed by atoms with E-state index in [-0.39, 0.29) is 5.41 Å². The lowest BCUT2D eigenvalue weighted by Gasteiger charge is -2.13. The zero-order chi connectivity index (χ0) is 11.1. The highest BCUT2D eigenvalue weighted by atomic mass is 15.2. The summed E-state index contributed by atoms with van der Waals surface area (Å²) >= 11 is 0. The second-order valence-corrected chi connectivity index (χ2v) is 4.51. The Kier molecular flexibility index (Phi) is 1.97. The van der Waals surface area contributed by atoms with E-state index in [1.807, 2.05) is 12.1 Å². The van der Waals surface area contributed by atoms with Crippen LogP contribution in [0.1, 0.15) is 32.2 Å². The summed E-state index contributed by atoms with van der Waals surface area (Å²) in [6.07, 6.45) is 1.76. The molecule has 0 saturated heterocycles. The van der Waals surface area contributed by atoms with Crippen molar-refractivity contribution in [2.24, 2.45) is 0 Å². The Labute approximate surface area is 88.2 Å². The van der Waals surface area contributed by atoms with Gasteiger partial charge in [0, 0.05) is 17.7 Å². The van der Waals surface area contributed by atoms with Crippen LogP contribution in [-0.4, -0.2) is 14.6 Å². The minimum atomic E-state index is 0.000503. The van der Waals surface area contributed by atoms with Crippen molar-refractivity contribution in [2.45, 2.75) is 26.2 Å². The summed E-state index contributed by atoms with van der Waals surface area (Å²) in [7, 11) is 0. The number of aromatic nitrogens is 3. The van der Waals surface area contributed by atoms with E-state index in [1.165, 1.54) is 0 Å². The molecule has 76 valence electrons. The van der Waals surface area contributed by atoms with Gasteiger partial charge in [-0.05, 0) is 6.07 Å². The van der Waals surface area contributed by atoms with Crippen molar-refractivity contribution in [1.29, 1.82) is 5.26 Å². The largest absolute Gasteiger partial charge is 0.222 e. The number of hydrogen-bond donors (Lipinski definition) is 0. The van der Waals surface area contributed by atoms with Crippen molar-refractivity contribution in [3.05, 3.63) is 29.7 Å². The molecule has 0 N–H and O–H groups in total. The zero-order valence-electron chi connectivity index (χ0n) is 9.02. The first-order valence-electron chi connectivity index (χ1n) is 4.78. The van der Waals surface area contributed by atoms with Crippen LogP contribution in [0.2, 0.25) is 0 Å². The highest BCUT2D eigenvalue weighted by molar-refractivity contribution is 5.43. The lowest BCUT2D eigenvalue weighted by Crippen LogP contribution is -2.11. The van der Waals surface area contributed by atoms with Crippen LogP contribution >= 0.6 is 0 Å². The molecular weight excluding hydrogens is 188 g/mol. The van der Waals surface area contributed by atoms with Gasteiger partial charge in [-0.15, -0.1) is 0 Å². The Morgan fingerprint density at radius 1 is 1.40 bits per heavy atom. The number of rotatable bonds is 0. The molecule has 2 aromatic rings. The number of nitriles is 1. The van der Waals surface area contributed by atoms with Crippen LogP contribution in [-0.2, 0) is 5.41 Å². The van der Waals surface area contributed by atoms with Crippen molar-refractivity contribution in [1.82, 2.24) is 14.6 Å². The van der Waals surface area contributed by atoms with Crippen LogP contribution in [0.15, 0.2) is 18.3 Å². The normalized spacial score (nSPS) is 11.6. The Balaban J connectivity index is 2.62. The summed E-state index contributed by atoms with van der Waals surface area (Å²) in [4.78, 5) is 4.17. The second-order valence-electron chi connectivity index (χ2n) is 4.51. The maximum atomic E-state index is 8.72. The Bertz CT molecular complexity index is 540. The van der Waals surface area contributed by atoms with E-state index in [1.54, 1.807) is 16.8 Å². The average Bonchev–Trinajstić information content (AvgIpc) is 2.59. The fourth-order valence-electron chi connectivity index (χ4n) is 1.31. The van der Waals surface area contributed by atoms with Gasteiger partial charge in [0.1, 0.15) is 11.8 Å². The van der Waals surface area contributed by atoms with Gasteiger partial charge in [-0.1, -0.05) is 20.8 Å². The van der Waals surface area contributed by atoms with Crippen LogP contribution < -0.4 is 0 Å². The van der Waals surface area contributed by atoms with Gasteiger partial charge in [-0.3, -0.25) is 0 Å². The predicted octanol–water partition coefficient (Wildman–Crippen LogP) is 1.90. The number of nitrogens with zero attached hydrogens (tertiary/aromatic N) is 4.